The fourth-order valence-electron chi connectivity index (χ4n) is 2.46. The van der Waals surface area contributed by atoms with Crippen LogP contribution in [0.1, 0.15) is 5.56 Å². The molecule has 20 heavy (non-hydrogen) atoms. The lowest BCUT2D eigenvalue weighted by Gasteiger charge is -2.34. The molecule has 5 nitrogen and oxygen atoms in total. The predicted molar refractivity (Wildman–Crippen MR) is 78.6 cm³/mol. The summed E-state index contributed by atoms with van der Waals surface area (Å²) >= 11 is 0. The quantitative estimate of drug-likeness (QED) is 0.835. The summed E-state index contributed by atoms with van der Waals surface area (Å²) in [6.07, 6.45) is 8.42. The van der Waals surface area contributed by atoms with Crippen LogP contribution in [0.3, 0.4) is 0 Å². The molecule has 1 aliphatic heterocycles. The fraction of sp³-hybridized carbons (Fsp3) is 0.400. The first-order chi connectivity index (χ1) is 9.92. The van der Waals surface area contributed by atoms with Crippen molar-refractivity contribution in [2.75, 3.05) is 37.6 Å². The molecule has 2 aromatic heterocycles. The molecular weight excluding hydrogens is 250 g/mol. The summed E-state index contributed by atoms with van der Waals surface area (Å²) in [5.74, 6) is 0.848. The number of hydrogen-bond donors (Lipinski definition) is 0. The number of piperazine rings is 1. The number of aromatic nitrogens is 3. The molecule has 0 aromatic carbocycles. The van der Waals surface area contributed by atoms with Crippen LogP contribution in [0, 0.1) is 0 Å². The van der Waals surface area contributed by atoms with Gasteiger partial charge in [-0.3, -0.25) is 9.88 Å². The van der Waals surface area contributed by atoms with Gasteiger partial charge in [-0.15, -0.1) is 0 Å². The minimum Gasteiger partial charge on any atom is -0.338 e. The van der Waals surface area contributed by atoms with Crippen molar-refractivity contribution in [3.8, 4) is 0 Å². The van der Waals surface area contributed by atoms with Crippen molar-refractivity contribution >= 4 is 5.95 Å². The molecule has 1 fully saturated rings. The van der Waals surface area contributed by atoms with E-state index in [2.05, 4.69) is 36.9 Å². The average molecular weight is 269 g/mol. The van der Waals surface area contributed by atoms with Gasteiger partial charge in [0.15, 0.2) is 0 Å². The third kappa shape index (κ3) is 3.30. The van der Waals surface area contributed by atoms with Crippen molar-refractivity contribution in [3.05, 3.63) is 48.5 Å². The van der Waals surface area contributed by atoms with Crippen molar-refractivity contribution in [1.82, 2.24) is 19.9 Å². The summed E-state index contributed by atoms with van der Waals surface area (Å²) in [6, 6.07) is 6.04. The summed E-state index contributed by atoms with van der Waals surface area (Å²) in [6.45, 7) is 5.25. The minimum absolute atomic E-state index is 0.848. The lowest BCUT2D eigenvalue weighted by atomic mass is 10.2. The highest BCUT2D eigenvalue weighted by Crippen LogP contribution is 2.10. The molecule has 5 heteroatoms. The SMILES string of the molecule is c1cnc(N2CCN(CCc3ccncc3)CC2)nc1. The van der Waals surface area contributed by atoms with Gasteiger partial charge in [-0.05, 0) is 30.2 Å². The summed E-state index contributed by atoms with van der Waals surface area (Å²) in [5, 5.41) is 0. The van der Waals surface area contributed by atoms with Crippen molar-refractivity contribution in [2.45, 2.75) is 6.42 Å². The van der Waals surface area contributed by atoms with Gasteiger partial charge in [0, 0.05) is 57.5 Å². The van der Waals surface area contributed by atoms with Gasteiger partial charge in [0.1, 0.15) is 0 Å². The first kappa shape index (κ1) is 13.0. The van der Waals surface area contributed by atoms with Crippen molar-refractivity contribution in [2.24, 2.45) is 0 Å². The molecule has 0 spiro atoms. The first-order valence-corrected chi connectivity index (χ1v) is 7.05. The molecule has 0 bridgehead atoms. The van der Waals surface area contributed by atoms with Gasteiger partial charge >= 0.3 is 0 Å². The molecule has 0 atom stereocenters. The molecule has 2 aromatic rings. The largest absolute Gasteiger partial charge is 0.338 e. The monoisotopic (exact) mass is 269 g/mol. The molecule has 0 radical (unpaired) electrons. The Labute approximate surface area is 119 Å². The molecule has 0 unspecified atom stereocenters. The molecular formula is C15H19N5. The fourth-order valence-corrected chi connectivity index (χ4v) is 2.46. The standard InChI is InChI=1S/C15H19N5/c1-5-17-15(18-6-1)20-12-10-19(11-13-20)9-4-14-2-7-16-8-3-14/h1-3,5-8H,4,9-13H2. The van der Waals surface area contributed by atoms with Gasteiger partial charge < -0.3 is 4.90 Å². The maximum absolute atomic E-state index is 4.31. The van der Waals surface area contributed by atoms with Gasteiger partial charge in [0.05, 0.1) is 0 Å². The van der Waals surface area contributed by atoms with E-state index in [4.69, 9.17) is 0 Å². The van der Waals surface area contributed by atoms with E-state index in [0.29, 0.717) is 0 Å². The van der Waals surface area contributed by atoms with Crippen LogP contribution in [-0.2, 0) is 6.42 Å². The Morgan fingerprint density at radius 3 is 2.30 bits per heavy atom. The highest BCUT2D eigenvalue weighted by Gasteiger charge is 2.18. The number of anilines is 1. The number of rotatable bonds is 4. The summed E-state index contributed by atoms with van der Waals surface area (Å²) in [4.78, 5) is 17.4. The normalized spacial score (nSPS) is 16.3. The second-order valence-corrected chi connectivity index (χ2v) is 4.98. The molecule has 1 saturated heterocycles. The molecule has 0 saturated carbocycles. The van der Waals surface area contributed by atoms with Crippen LogP contribution in [0.5, 0.6) is 0 Å². The van der Waals surface area contributed by atoms with E-state index >= 15 is 0 Å². The van der Waals surface area contributed by atoms with Gasteiger partial charge in [0.25, 0.3) is 0 Å². The van der Waals surface area contributed by atoms with Crippen LogP contribution in [-0.4, -0.2) is 52.6 Å². The number of hydrogen-bond acceptors (Lipinski definition) is 5. The Kier molecular flexibility index (Phi) is 4.18. The Balaban J connectivity index is 1.47. The third-order valence-corrected chi connectivity index (χ3v) is 3.67. The van der Waals surface area contributed by atoms with Gasteiger partial charge in [-0.2, -0.15) is 0 Å². The molecule has 0 N–H and O–H groups in total. The molecule has 0 aliphatic carbocycles. The summed E-state index contributed by atoms with van der Waals surface area (Å²) < 4.78 is 0. The van der Waals surface area contributed by atoms with Crippen LogP contribution in [0.4, 0.5) is 5.95 Å². The van der Waals surface area contributed by atoms with Crippen LogP contribution in [0.15, 0.2) is 43.0 Å². The first-order valence-electron chi connectivity index (χ1n) is 7.05. The molecule has 3 heterocycles. The Morgan fingerprint density at radius 1 is 0.900 bits per heavy atom. The molecule has 1 aliphatic rings. The zero-order chi connectivity index (χ0) is 13.6. The highest BCUT2D eigenvalue weighted by atomic mass is 15.3. The zero-order valence-corrected chi connectivity index (χ0v) is 11.5. The van der Waals surface area contributed by atoms with Crippen LogP contribution < -0.4 is 4.90 Å². The van der Waals surface area contributed by atoms with E-state index in [0.717, 1.165) is 45.1 Å². The lowest BCUT2D eigenvalue weighted by Crippen LogP contribution is -2.47. The Bertz CT molecular complexity index is 508. The number of nitrogens with zero attached hydrogens (tertiary/aromatic N) is 5. The summed E-state index contributed by atoms with van der Waals surface area (Å²) in [7, 11) is 0. The topological polar surface area (TPSA) is 45.2 Å². The van der Waals surface area contributed by atoms with Crippen molar-refractivity contribution in [3.63, 3.8) is 0 Å². The van der Waals surface area contributed by atoms with E-state index in [9.17, 15) is 0 Å². The Morgan fingerprint density at radius 2 is 1.60 bits per heavy atom. The average Bonchev–Trinajstić information content (AvgIpc) is 2.55. The maximum Gasteiger partial charge on any atom is 0.225 e. The van der Waals surface area contributed by atoms with Crippen molar-refractivity contribution in [1.29, 1.82) is 0 Å². The second kappa shape index (κ2) is 6.43. The predicted octanol–water partition coefficient (Wildman–Crippen LogP) is 1.24. The zero-order valence-electron chi connectivity index (χ0n) is 11.5. The minimum atomic E-state index is 0.848. The van der Waals surface area contributed by atoms with Crippen LogP contribution in [0.2, 0.25) is 0 Å². The highest BCUT2D eigenvalue weighted by molar-refractivity contribution is 5.29. The van der Waals surface area contributed by atoms with Gasteiger partial charge in [0.2, 0.25) is 5.95 Å². The van der Waals surface area contributed by atoms with E-state index < -0.39 is 0 Å². The maximum atomic E-state index is 4.31. The number of pyridine rings is 1. The molecule has 3 rings (SSSR count). The summed E-state index contributed by atoms with van der Waals surface area (Å²) in [5.41, 5.74) is 1.36. The van der Waals surface area contributed by atoms with Gasteiger partial charge in [-0.1, -0.05) is 0 Å². The van der Waals surface area contributed by atoms with E-state index in [1.807, 2.05) is 18.5 Å². The molecule has 104 valence electrons. The smallest absolute Gasteiger partial charge is 0.225 e. The van der Waals surface area contributed by atoms with E-state index in [-0.39, 0.29) is 0 Å². The van der Waals surface area contributed by atoms with E-state index in [1.165, 1.54) is 5.56 Å². The van der Waals surface area contributed by atoms with Crippen LogP contribution >= 0.6 is 0 Å². The Hall–Kier alpha value is -2.01. The third-order valence-electron chi connectivity index (χ3n) is 3.67. The van der Waals surface area contributed by atoms with Crippen LogP contribution in [0.25, 0.3) is 0 Å². The van der Waals surface area contributed by atoms with E-state index in [1.54, 1.807) is 12.4 Å². The van der Waals surface area contributed by atoms with Gasteiger partial charge in [-0.25, -0.2) is 9.97 Å². The molecule has 0 amide bonds. The second-order valence-electron chi connectivity index (χ2n) is 4.98. The van der Waals surface area contributed by atoms with Crippen molar-refractivity contribution < 1.29 is 0 Å². The lowest BCUT2D eigenvalue weighted by molar-refractivity contribution is 0.260.